The number of hydrogen-bond donors (Lipinski definition) is 1. The van der Waals surface area contributed by atoms with Crippen LogP contribution in [-0.2, 0) is 4.79 Å². The highest BCUT2D eigenvalue weighted by Crippen LogP contribution is 2.27. The van der Waals surface area contributed by atoms with E-state index in [0.717, 1.165) is 0 Å². The molecule has 128 valence electrons. The molecule has 2 aromatic rings. The summed E-state index contributed by atoms with van der Waals surface area (Å²) in [5.41, 5.74) is 1.27. The lowest BCUT2D eigenvalue weighted by Gasteiger charge is -2.11. The Bertz CT molecular complexity index is 792. The monoisotopic (exact) mass is 336 g/mol. The molecule has 0 aliphatic rings. The van der Waals surface area contributed by atoms with Crippen LogP contribution >= 0.6 is 0 Å². The largest absolute Gasteiger partial charge is 0.494 e. The number of rotatable bonds is 7. The smallest absolute Gasteiger partial charge is 0.266 e. The highest BCUT2D eigenvalue weighted by molar-refractivity contribution is 6.09. The Balaban J connectivity index is 2.28. The molecule has 5 heteroatoms. The van der Waals surface area contributed by atoms with Crippen LogP contribution in [-0.4, -0.2) is 19.1 Å². The van der Waals surface area contributed by atoms with Gasteiger partial charge in [-0.15, -0.1) is 0 Å². The molecule has 0 aliphatic carbocycles. The summed E-state index contributed by atoms with van der Waals surface area (Å²) in [4.78, 5) is 12.3. The molecule has 0 heterocycles. The number of nitrogens with zero attached hydrogens (tertiary/aromatic N) is 1. The third kappa shape index (κ3) is 5.11. The summed E-state index contributed by atoms with van der Waals surface area (Å²) in [6.45, 7) is 4.78. The van der Waals surface area contributed by atoms with Crippen LogP contribution in [0.15, 0.2) is 54.1 Å². The zero-order valence-electron chi connectivity index (χ0n) is 14.3. The fourth-order valence-corrected chi connectivity index (χ4v) is 2.19. The van der Waals surface area contributed by atoms with Gasteiger partial charge in [-0.3, -0.25) is 4.79 Å². The Kier molecular flexibility index (Phi) is 6.61. The van der Waals surface area contributed by atoms with E-state index in [-0.39, 0.29) is 5.57 Å². The maximum absolute atomic E-state index is 12.3. The van der Waals surface area contributed by atoms with Gasteiger partial charge in [-0.2, -0.15) is 5.26 Å². The van der Waals surface area contributed by atoms with Gasteiger partial charge in [0.05, 0.1) is 13.2 Å². The van der Waals surface area contributed by atoms with Crippen LogP contribution in [0.3, 0.4) is 0 Å². The van der Waals surface area contributed by atoms with Crippen LogP contribution in [0, 0.1) is 11.3 Å². The van der Waals surface area contributed by atoms with Gasteiger partial charge in [-0.05, 0) is 44.2 Å². The second-order valence-corrected chi connectivity index (χ2v) is 5.06. The number of hydrogen-bond acceptors (Lipinski definition) is 4. The first kappa shape index (κ1) is 18.1. The van der Waals surface area contributed by atoms with E-state index in [4.69, 9.17) is 9.47 Å². The number of carbonyl (C=O) groups is 1. The van der Waals surface area contributed by atoms with Gasteiger partial charge in [-0.25, -0.2) is 0 Å². The molecule has 0 bridgehead atoms. The highest BCUT2D eigenvalue weighted by atomic mass is 16.5. The van der Waals surface area contributed by atoms with Gasteiger partial charge < -0.3 is 14.8 Å². The van der Waals surface area contributed by atoms with Crippen molar-refractivity contribution >= 4 is 17.7 Å². The fourth-order valence-electron chi connectivity index (χ4n) is 2.19. The molecule has 1 N–H and O–H groups in total. The van der Waals surface area contributed by atoms with Gasteiger partial charge >= 0.3 is 0 Å². The molecule has 0 saturated heterocycles. The van der Waals surface area contributed by atoms with Crippen molar-refractivity contribution in [3.63, 3.8) is 0 Å². The summed E-state index contributed by atoms with van der Waals surface area (Å²) < 4.78 is 11.1. The van der Waals surface area contributed by atoms with Crippen LogP contribution in [0.4, 0.5) is 5.69 Å². The molecule has 0 aliphatic heterocycles. The van der Waals surface area contributed by atoms with E-state index in [0.29, 0.717) is 36.0 Å². The van der Waals surface area contributed by atoms with Crippen molar-refractivity contribution in [3.8, 4) is 17.6 Å². The Labute approximate surface area is 147 Å². The van der Waals surface area contributed by atoms with Gasteiger partial charge in [-0.1, -0.05) is 18.2 Å². The molecule has 0 spiro atoms. The summed E-state index contributed by atoms with van der Waals surface area (Å²) in [7, 11) is 0. The molecular weight excluding hydrogens is 316 g/mol. The minimum absolute atomic E-state index is 0.00559. The quantitative estimate of drug-likeness (QED) is 0.612. The summed E-state index contributed by atoms with van der Waals surface area (Å²) in [6, 6.07) is 16.2. The number of benzene rings is 2. The molecule has 0 aromatic heterocycles. The van der Waals surface area contributed by atoms with Gasteiger partial charge in [0, 0.05) is 17.3 Å². The lowest BCUT2D eigenvalue weighted by Crippen LogP contribution is -2.13. The number of nitriles is 1. The Morgan fingerprint density at radius 2 is 1.84 bits per heavy atom. The predicted octanol–water partition coefficient (Wildman–Crippen LogP) is 4.03. The Morgan fingerprint density at radius 3 is 2.48 bits per heavy atom. The van der Waals surface area contributed by atoms with E-state index < -0.39 is 5.91 Å². The Morgan fingerprint density at radius 1 is 1.12 bits per heavy atom. The molecule has 0 unspecified atom stereocenters. The van der Waals surface area contributed by atoms with Crippen LogP contribution in [0.25, 0.3) is 6.08 Å². The molecule has 2 aromatic carbocycles. The topological polar surface area (TPSA) is 71.3 Å². The van der Waals surface area contributed by atoms with E-state index in [1.165, 1.54) is 6.08 Å². The van der Waals surface area contributed by atoms with E-state index >= 15 is 0 Å². The fraction of sp³-hybridized carbons (Fsp3) is 0.200. The summed E-state index contributed by atoms with van der Waals surface area (Å²) in [5, 5.41) is 12.1. The molecule has 1 amide bonds. The molecule has 2 rings (SSSR count). The van der Waals surface area contributed by atoms with Crippen molar-refractivity contribution in [2.45, 2.75) is 13.8 Å². The third-order valence-corrected chi connectivity index (χ3v) is 3.29. The van der Waals surface area contributed by atoms with Crippen LogP contribution in [0.2, 0.25) is 0 Å². The molecule has 0 saturated carbocycles. The lowest BCUT2D eigenvalue weighted by molar-refractivity contribution is -0.112. The summed E-state index contributed by atoms with van der Waals surface area (Å²) in [5.74, 6) is 0.772. The minimum Gasteiger partial charge on any atom is -0.494 e. The van der Waals surface area contributed by atoms with Crippen molar-refractivity contribution in [1.29, 1.82) is 5.26 Å². The number of ether oxygens (including phenoxy) is 2. The van der Waals surface area contributed by atoms with Crippen LogP contribution in [0.5, 0.6) is 11.5 Å². The zero-order chi connectivity index (χ0) is 18.1. The number of amides is 1. The molecular formula is C20H20N2O3. The first-order valence-electron chi connectivity index (χ1n) is 8.05. The maximum Gasteiger partial charge on any atom is 0.266 e. The summed E-state index contributed by atoms with van der Waals surface area (Å²) in [6.07, 6.45) is 1.51. The molecule has 0 fully saturated rings. The molecule has 0 radical (unpaired) electrons. The zero-order valence-corrected chi connectivity index (χ0v) is 14.3. The number of anilines is 1. The number of nitrogens with one attached hydrogen (secondary N) is 1. The lowest BCUT2D eigenvalue weighted by atomic mass is 10.1. The standard InChI is InChI=1S/C20H20N2O3/c1-3-24-18-11-10-15(19(13-18)25-4-2)12-16(14-21)20(23)22-17-8-6-5-7-9-17/h5-13H,3-4H2,1-2H3,(H,22,23)/b16-12-. The van der Waals surface area contributed by atoms with Crippen molar-refractivity contribution in [2.24, 2.45) is 0 Å². The van der Waals surface area contributed by atoms with Crippen LogP contribution < -0.4 is 14.8 Å². The van der Waals surface area contributed by atoms with Crippen molar-refractivity contribution in [1.82, 2.24) is 0 Å². The van der Waals surface area contributed by atoms with Crippen molar-refractivity contribution in [2.75, 3.05) is 18.5 Å². The normalized spacial score (nSPS) is 10.7. The SMILES string of the molecule is CCOc1ccc(/C=C(/C#N)C(=O)Nc2ccccc2)c(OCC)c1. The summed E-state index contributed by atoms with van der Waals surface area (Å²) >= 11 is 0. The van der Waals surface area contributed by atoms with E-state index in [1.807, 2.05) is 38.1 Å². The molecule has 5 nitrogen and oxygen atoms in total. The second-order valence-electron chi connectivity index (χ2n) is 5.06. The van der Waals surface area contributed by atoms with Gasteiger partial charge in [0.1, 0.15) is 23.1 Å². The van der Waals surface area contributed by atoms with Gasteiger partial charge in [0.25, 0.3) is 5.91 Å². The average Bonchev–Trinajstić information content (AvgIpc) is 2.62. The van der Waals surface area contributed by atoms with Gasteiger partial charge in [0.15, 0.2) is 0 Å². The predicted molar refractivity (Wildman–Crippen MR) is 97.4 cm³/mol. The van der Waals surface area contributed by atoms with E-state index in [2.05, 4.69) is 5.32 Å². The maximum atomic E-state index is 12.3. The first-order valence-corrected chi connectivity index (χ1v) is 8.05. The second kappa shape index (κ2) is 9.14. The average molecular weight is 336 g/mol. The number of carbonyl (C=O) groups excluding carboxylic acids is 1. The molecule has 25 heavy (non-hydrogen) atoms. The van der Waals surface area contributed by atoms with Crippen LogP contribution in [0.1, 0.15) is 19.4 Å². The Hall–Kier alpha value is -3.26. The van der Waals surface area contributed by atoms with E-state index in [9.17, 15) is 10.1 Å². The first-order chi connectivity index (χ1) is 12.2. The highest BCUT2D eigenvalue weighted by Gasteiger charge is 2.12. The number of para-hydroxylation sites is 1. The third-order valence-electron chi connectivity index (χ3n) is 3.29. The van der Waals surface area contributed by atoms with Gasteiger partial charge in [0.2, 0.25) is 0 Å². The molecule has 0 atom stereocenters. The van der Waals surface area contributed by atoms with Crippen molar-refractivity contribution < 1.29 is 14.3 Å². The van der Waals surface area contributed by atoms with E-state index in [1.54, 1.807) is 30.3 Å². The minimum atomic E-state index is -0.468. The van der Waals surface area contributed by atoms with Crippen molar-refractivity contribution in [3.05, 3.63) is 59.7 Å².